The second kappa shape index (κ2) is 10.9. The van der Waals surface area contributed by atoms with Crippen LogP contribution in [0.3, 0.4) is 0 Å². The number of rotatable bonds is 7. The number of nitrogens with zero attached hydrogens (tertiary/aromatic N) is 8. The van der Waals surface area contributed by atoms with Crippen molar-refractivity contribution in [1.29, 1.82) is 0 Å². The van der Waals surface area contributed by atoms with Crippen molar-refractivity contribution in [3.8, 4) is 0 Å². The Labute approximate surface area is 237 Å². The number of halogens is 3. The average molecular weight is 571 g/mol. The van der Waals surface area contributed by atoms with Crippen LogP contribution in [0, 0.1) is 18.7 Å². The van der Waals surface area contributed by atoms with Gasteiger partial charge in [-0.05, 0) is 51.2 Å². The maximum atomic E-state index is 14.6. The predicted molar refractivity (Wildman–Crippen MR) is 150 cm³/mol. The molecule has 41 heavy (non-hydrogen) atoms. The Hall–Kier alpha value is -3.25. The highest BCUT2D eigenvalue weighted by Crippen LogP contribution is 2.37. The van der Waals surface area contributed by atoms with Crippen molar-refractivity contribution in [2.45, 2.75) is 84.7 Å². The highest BCUT2D eigenvalue weighted by atomic mass is 19.3. The fourth-order valence-electron chi connectivity index (χ4n) is 6.66. The summed E-state index contributed by atoms with van der Waals surface area (Å²) in [6.45, 7) is 13.3. The Kier molecular flexibility index (Phi) is 7.39. The number of fused-ring (bicyclic) bond motifs is 3. The number of hydrogen-bond acceptors (Lipinski definition) is 7. The lowest BCUT2D eigenvalue weighted by atomic mass is 9.90. The van der Waals surface area contributed by atoms with E-state index in [1.807, 2.05) is 11.3 Å². The molecule has 3 aromatic heterocycles. The Morgan fingerprint density at radius 2 is 1.90 bits per heavy atom. The normalized spacial score (nSPS) is 23.1. The van der Waals surface area contributed by atoms with E-state index in [4.69, 9.17) is 14.7 Å². The number of benzene rings is 1. The van der Waals surface area contributed by atoms with Crippen LogP contribution in [-0.4, -0.2) is 71.9 Å². The summed E-state index contributed by atoms with van der Waals surface area (Å²) in [4.78, 5) is 14.6. The van der Waals surface area contributed by atoms with Gasteiger partial charge in [-0.1, -0.05) is 26.0 Å². The number of ether oxygens (including phenoxy) is 1. The molecule has 9 nitrogen and oxygen atoms in total. The van der Waals surface area contributed by atoms with Crippen LogP contribution in [0.2, 0.25) is 0 Å². The van der Waals surface area contributed by atoms with E-state index in [2.05, 4.69) is 52.3 Å². The highest BCUT2D eigenvalue weighted by Gasteiger charge is 2.38. The van der Waals surface area contributed by atoms with E-state index in [1.54, 1.807) is 12.4 Å². The van der Waals surface area contributed by atoms with E-state index in [0.29, 0.717) is 31.0 Å². The number of hydrogen-bond donors (Lipinski definition) is 0. The summed E-state index contributed by atoms with van der Waals surface area (Å²) in [5, 5.41) is 8.43. The summed E-state index contributed by atoms with van der Waals surface area (Å²) in [5.41, 5.74) is 1.85. The van der Waals surface area contributed by atoms with E-state index in [-0.39, 0.29) is 30.1 Å². The van der Waals surface area contributed by atoms with Gasteiger partial charge < -0.3 is 14.2 Å². The molecule has 6 rings (SSSR count). The van der Waals surface area contributed by atoms with Gasteiger partial charge in [0.1, 0.15) is 23.5 Å². The quantitative estimate of drug-likeness (QED) is 0.297. The van der Waals surface area contributed by atoms with Crippen LogP contribution in [-0.2, 0) is 11.3 Å². The molecule has 2 aliphatic heterocycles. The zero-order valence-corrected chi connectivity index (χ0v) is 24.1. The lowest BCUT2D eigenvalue weighted by Crippen LogP contribution is -2.58. The van der Waals surface area contributed by atoms with E-state index < -0.39 is 17.8 Å². The molecule has 0 bridgehead atoms. The van der Waals surface area contributed by atoms with Gasteiger partial charge in [0.25, 0.3) is 12.2 Å². The Bertz CT molecular complexity index is 1550. The number of aryl methyl sites for hydroxylation is 1. The number of aromatic nitrogens is 6. The SMILES string of the molecule is Cc1nc2c(N3C[C@@H](C)N(C(c4ccc(C(F)F)c(F)c4)C(C)C)C[C@@H]3C)nc3nncn3c2n1CC1CCCO1. The van der Waals surface area contributed by atoms with Crippen LogP contribution in [0.5, 0.6) is 0 Å². The van der Waals surface area contributed by atoms with Gasteiger partial charge in [0.15, 0.2) is 11.5 Å². The summed E-state index contributed by atoms with van der Waals surface area (Å²) in [7, 11) is 0. The minimum atomic E-state index is -2.84. The molecule has 12 heteroatoms. The third kappa shape index (κ3) is 4.94. The second-order valence-corrected chi connectivity index (χ2v) is 11.8. The molecule has 2 saturated heterocycles. The average Bonchev–Trinajstić information content (AvgIpc) is 3.66. The predicted octanol–water partition coefficient (Wildman–Crippen LogP) is 5.33. The molecule has 0 amide bonds. The Morgan fingerprint density at radius 1 is 1.10 bits per heavy atom. The molecule has 2 fully saturated rings. The zero-order chi connectivity index (χ0) is 29.0. The topological polar surface area (TPSA) is 76.6 Å². The second-order valence-electron chi connectivity index (χ2n) is 11.8. The van der Waals surface area contributed by atoms with Crippen molar-refractivity contribution >= 4 is 22.8 Å². The standard InChI is InChI=1S/C29H37F3N8O/c1-16(2)25(20-8-9-22(26(31)32)23(30)11-20)37-12-18(4)38(13-17(37)3)27-24-28(40-15-33-36-29(40)35-27)39(19(5)34-24)14-21-7-6-10-41-21/h8-9,11,15-18,21,25-26H,6-7,10,12-14H2,1-5H3/t17-,18+,21?,25?/m1/s1. The first-order valence-electron chi connectivity index (χ1n) is 14.4. The van der Waals surface area contributed by atoms with Crippen LogP contribution in [0.25, 0.3) is 16.9 Å². The Morgan fingerprint density at radius 3 is 2.59 bits per heavy atom. The molecule has 0 radical (unpaired) electrons. The van der Waals surface area contributed by atoms with Crippen molar-refractivity contribution in [2.75, 3.05) is 24.6 Å². The molecule has 4 atom stereocenters. The molecule has 220 valence electrons. The number of imidazole rings is 1. The van der Waals surface area contributed by atoms with Crippen molar-refractivity contribution in [3.63, 3.8) is 0 Å². The molecule has 0 N–H and O–H groups in total. The summed E-state index contributed by atoms with van der Waals surface area (Å²) < 4.78 is 51.1. The number of anilines is 1. The van der Waals surface area contributed by atoms with Crippen LogP contribution < -0.4 is 4.90 Å². The first-order chi connectivity index (χ1) is 19.6. The molecule has 5 heterocycles. The molecule has 4 aromatic rings. The van der Waals surface area contributed by atoms with E-state index >= 15 is 0 Å². The Balaban J connectivity index is 1.35. The maximum absolute atomic E-state index is 14.6. The summed E-state index contributed by atoms with van der Waals surface area (Å²) in [6.07, 6.45) is 1.06. The van der Waals surface area contributed by atoms with Gasteiger partial charge in [0.2, 0.25) is 0 Å². The van der Waals surface area contributed by atoms with Crippen molar-refractivity contribution in [2.24, 2.45) is 5.92 Å². The third-order valence-electron chi connectivity index (χ3n) is 8.61. The van der Waals surface area contributed by atoms with E-state index in [1.165, 1.54) is 12.1 Å². The molecule has 2 unspecified atom stereocenters. The fourth-order valence-corrected chi connectivity index (χ4v) is 6.66. The first kappa shape index (κ1) is 27.9. The van der Waals surface area contributed by atoms with Crippen molar-refractivity contribution in [3.05, 3.63) is 47.3 Å². The van der Waals surface area contributed by atoms with Crippen LogP contribution in [0.15, 0.2) is 24.5 Å². The third-order valence-corrected chi connectivity index (χ3v) is 8.61. The van der Waals surface area contributed by atoms with Gasteiger partial charge in [-0.25, -0.2) is 22.6 Å². The van der Waals surface area contributed by atoms with E-state index in [0.717, 1.165) is 42.3 Å². The lowest BCUT2D eigenvalue weighted by Gasteiger charge is -2.49. The molecule has 0 aliphatic carbocycles. The molecule has 1 aromatic carbocycles. The molecular weight excluding hydrogens is 533 g/mol. The number of piperazine rings is 1. The van der Waals surface area contributed by atoms with Crippen LogP contribution >= 0.6 is 0 Å². The zero-order valence-electron chi connectivity index (χ0n) is 24.1. The van der Waals surface area contributed by atoms with Gasteiger partial charge in [0.05, 0.1) is 18.2 Å². The first-order valence-corrected chi connectivity index (χ1v) is 14.4. The van der Waals surface area contributed by atoms with Crippen molar-refractivity contribution in [1.82, 2.24) is 34.0 Å². The monoisotopic (exact) mass is 570 g/mol. The lowest BCUT2D eigenvalue weighted by molar-refractivity contribution is 0.0818. The molecule has 0 saturated carbocycles. The highest BCUT2D eigenvalue weighted by molar-refractivity contribution is 5.87. The van der Waals surface area contributed by atoms with Gasteiger partial charge in [0, 0.05) is 37.8 Å². The minimum absolute atomic E-state index is 0.0438. The smallest absolute Gasteiger partial charge is 0.266 e. The summed E-state index contributed by atoms with van der Waals surface area (Å²) in [6, 6.07) is 4.13. The maximum Gasteiger partial charge on any atom is 0.266 e. The largest absolute Gasteiger partial charge is 0.376 e. The van der Waals surface area contributed by atoms with Gasteiger partial charge in [-0.15, -0.1) is 10.2 Å². The van der Waals surface area contributed by atoms with Gasteiger partial charge >= 0.3 is 0 Å². The molecule has 2 aliphatic rings. The minimum Gasteiger partial charge on any atom is -0.376 e. The fraction of sp³-hybridized carbons (Fsp3) is 0.586. The summed E-state index contributed by atoms with van der Waals surface area (Å²) in [5.74, 6) is 1.44. The molecular formula is C29H37F3N8O. The van der Waals surface area contributed by atoms with Gasteiger partial charge in [-0.2, -0.15) is 4.98 Å². The van der Waals surface area contributed by atoms with Crippen LogP contribution in [0.1, 0.15) is 70.0 Å². The van der Waals surface area contributed by atoms with Crippen molar-refractivity contribution < 1.29 is 17.9 Å². The molecule has 0 spiro atoms. The van der Waals surface area contributed by atoms with Gasteiger partial charge in [-0.3, -0.25) is 4.90 Å². The van der Waals surface area contributed by atoms with Crippen LogP contribution in [0.4, 0.5) is 19.0 Å². The van der Waals surface area contributed by atoms with E-state index in [9.17, 15) is 13.2 Å². The number of alkyl halides is 2. The summed E-state index contributed by atoms with van der Waals surface area (Å²) >= 11 is 0.